The number of benzene rings is 3. The van der Waals surface area contributed by atoms with Gasteiger partial charge in [-0.2, -0.15) is 0 Å². The molecule has 0 aliphatic carbocycles. The van der Waals surface area contributed by atoms with Gasteiger partial charge in [-0.05, 0) is 35.4 Å². The van der Waals surface area contributed by atoms with Crippen molar-refractivity contribution in [3.63, 3.8) is 0 Å². The van der Waals surface area contributed by atoms with E-state index in [1.807, 2.05) is 6.07 Å². The summed E-state index contributed by atoms with van der Waals surface area (Å²) in [6.45, 7) is -0.884. The monoisotopic (exact) mass is 598 g/mol. The average Bonchev–Trinajstić information content (AvgIpc) is 3.39. The number of carboxylic acids is 1. The van der Waals surface area contributed by atoms with Crippen LogP contribution in [-0.2, 0) is 9.53 Å². The fourth-order valence-electron chi connectivity index (χ4n) is 5.93. The summed E-state index contributed by atoms with van der Waals surface area (Å²) in [6.07, 6.45) is -8.62. The third-order valence-electron chi connectivity index (χ3n) is 8.03. The number of methoxy groups -OCH3 is 2. The van der Waals surface area contributed by atoms with Crippen molar-refractivity contribution in [3.05, 3.63) is 59.7 Å². The van der Waals surface area contributed by atoms with Crippen LogP contribution in [0.5, 0.6) is 34.5 Å². The number of fused-ring (bicyclic) bond motifs is 5. The van der Waals surface area contributed by atoms with Crippen LogP contribution in [0.4, 0.5) is 0 Å². The first-order valence-electron chi connectivity index (χ1n) is 13.4. The Bertz CT molecular complexity index is 1560. The van der Waals surface area contributed by atoms with E-state index in [-0.39, 0.29) is 24.0 Å². The fourth-order valence-corrected chi connectivity index (χ4v) is 5.93. The lowest BCUT2D eigenvalue weighted by Gasteiger charge is -2.46. The Morgan fingerprint density at radius 1 is 1.05 bits per heavy atom. The highest BCUT2D eigenvalue weighted by Gasteiger charge is 2.57. The maximum atomic E-state index is 11.7. The topological polar surface area (TPSA) is 194 Å². The van der Waals surface area contributed by atoms with E-state index in [9.17, 15) is 35.4 Å². The molecule has 0 radical (unpaired) electrons. The Hall–Kier alpha value is -4.27. The number of phenolic OH excluding ortho intramolecular Hbond substituents is 1. The number of aliphatic carboxylic acids is 1. The van der Waals surface area contributed by atoms with Crippen molar-refractivity contribution in [1.29, 1.82) is 0 Å². The standard InChI is InChI=1S/C30H30O13/c1-38-19-7-6-16-18-11-40-20-10-15(42-30(12-31)28(35)23(34)22(33)27(43-30)29(36)37)9-17(13-4-3-5-14(32)8-13)21(20)24(18)41-25(16)26(19)39-2/h3-10,18,22-24,27-28,31-35H,11-12H2,1-2H3,(H,36,37)/t18-,22-,23-,24+,27-,28+,30+/m0/s1. The molecule has 3 heterocycles. The molecule has 7 atom stereocenters. The molecule has 0 spiro atoms. The maximum Gasteiger partial charge on any atom is 0.335 e. The highest BCUT2D eigenvalue weighted by atomic mass is 16.7. The summed E-state index contributed by atoms with van der Waals surface area (Å²) >= 11 is 0. The van der Waals surface area contributed by atoms with Crippen molar-refractivity contribution < 1.29 is 63.9 Å². The first-order chi connectivity index (χ1) is 20.6. The van der Waals surface area contributed by atoms with E-state index in [4.69, 9.17) is 28.4 Å². The second kappa shape index (κ2) is 10.8. The molecule has 0 unspecified atom stereocenters. The molecular formula is C30H30O13. The second-order valence-corrected chi connectivity index (χ2v) is 10.5. The largest absolute Gasteiger partial charge is 0.508 e. The number of hydrogen-bond donors (Lipinski definition) is 6. The molecule has 6 N–H and O–H groups in total. The SMILES string of the molecule is COc1ccc2c(c1OC)O[C@H]1c3c(cc(O[C@]4(CO)O[C@H](C(=O)O)[C@@H](O)[C@H](O)[C@H]4O)cc3-c3cccc(O)c3)OC[C@@H]21. The van der Waals surface area contributed by atoms with E-state index in [1.165, 1.54) is 38.5 Å². The molecular weight excluding hydrogens is 568 g/mol. The Morgan fingerprint density at radius 3 is 2.51 bits per heavy atom. The van der Waals surface area contributed by atoms with Crippen molar-refractivity contribution in [1.82, 2.24) is 0 Å². The van der Waals surface area contributed by atoms with Gasteiger partial charge in [0, 0.05) is 17.2 Å². The van der Waals surface area contributed by atoms with Gasteiger partial charge in [-0.25, -0.2) is 4.79 Å². The van der Waals surface area contributed by atoms with Crippen LogP contribution in [0.15, 0.2) is 48.5 Å². The van der Waals surface area contributed by atoms with E-state index in [1.54, 1.807) is 18.2 Å². The van der Waals surface area contributed by atoms with Crippen LogP contribution in [0, 0.1) is 0 Å². The molecule has 3 aliphatic heterocycles. The van der Waals surface area contributed by atoms with E-state index >= 15 is 0 Å². The smallest absolute Gasteiger partial charge is 0.335 e. The molecule has 1 fully saturated rings. The predicted molar refractivity (Wildman–Crippen MR) is 146 cm³/mol. The van der Waals surface area contributed by atoms with E-state index in [2.05, 4.69) is 0 Å². The summed E-state index contributed by atoms with van der Waals surface area (Å²) in [7, 11) is 3.04. The molecule has 0 aromatic heterocycles. The first kappa shape index (κ1) is 28.8. The van der Waals surface area contributed by atoms with Gasteiger partial charge < -0.3 is 59.1 Å². The number of aliphatic hydroxyl groups is 4. The number of phenols is 1. The minimum atomic E-state index is -2.47. The summed E-state index contributed by atoms with van der Waals surface area (Å²) in [5.41, 5.74) is 2.48. The third kappa shape index (κ3) is 4.56. The molecule has 3 aliphatic rings. The lowest BCUT2D eigenvalue weighted by molar-refractivity contribution is -0.338. The zero-order valence-electron chi connectivity index (χ0n) is 23.0. The van der Waals surface area contributed by atoms with Gasteiger partial charge in [0.2, 0.25) is 5.75 Å². The van der Waals surface area contributed by atoms with Crippen molar-refractivity contribution in [3.8, 4) is 45.6 Å². The van der Waals surface area contributed by atoms with Gasteiger partial charge in [0.25, 0.3) is 5.79 Å². The van der Waals surface area contributed by atoms with Crippen LogP contribution in [-0.4, -0.2) is 94.2 Å². The highest BCUT2D eigenvalue weighted by molar-refractivity contribution is 5.76. The fraction of sp³-hybridized carbons (Fsp3) is 0.367. The zero-order valence-corrected chi connectivity index (χ0v) is 23.0. The molecule has 228 valence electrons. The molecule has 0 bridgehead atoms. The normalized spacial score (nSPS) is 28.9. The number of aliphatic hydroxyl groups excluding tert-OH is 4. The third-order valence-corrected chi connectivity index (χ3v) is 8.03. The molecule has 3 aromatic carbocycles. The van der Waals surface area contributed by atoms with Crippen molar-refractivity contribution in [2.45, 2.75) is 42.2 Å². The van der Waals surface area contributed by atoms with Crippen LogP contribution in [0.25, 0.3) is 11.1 Å². The van der Waals surface area contributed by atoms with Crippen LogP contribution in [0.2, 0.25) is 0 Å². The van der Waals surface area contributed by atoms with Crippen LogP contribution in [0.1, 0.15) is 23.1 Å². The number of carbonyl (C=O) groups is 1. The van der Waals surface area contributed by atoms with E-state index < -0.39 is 48.9 Å². The van der Waals surface area contributed by atoms with Gasteiger partial charge in [0.05, 0.1) is 26.7 Å². The number of rotatable bonds is 7. The Kier molecular flexibility index (Phi) is 7.22. The average molecular weight is 599 g/mol. The minimum Gasteiger partial charge on any atom is -0.508 e. The van der Waals surface area contributed by atoms with Crippen molar-refractivity contribution in [2.75, 3.05) is 27.4 Å². The molecule has 0 saturated carbocycles. The van der Waals surface area contributed by atoms with Gasteiger partial charge in [-0.15, -0.1) is 0 Å². The quantitative estimate of drug-likeness (QED) is 0.228. The maximum absolute atomic E-state index is 11.7. The van der Waals surface area contributed by atoms with E-state index in [0.717, 1.165) is 5.56 Å². The summed E-state index contributed by atoms with van der Waals surface area (Å²) < 4.78 is 35.0. The number of hydrogen-bond acceptors (Lipinski definition) is 12. The zero-order chi connectivity index (χ0) is 30.6. The van der Waals surface area contributed by atoms with Gasteiger partial charge in [-0.3, -0.25) is 0 Å². The molecule has 13 heteroatoms. The van der Waals surface area contributed by atoms with Gasteiger partial charge >= 0.3 is 5.97 Å². The molecule has 13 nitrogen and oxygen atoms in total. The Balaban J connectivity index is 1.47. The van der Waals surface area contributed by atoms with Gasteiger partial charge in [0.15, 0.2) is 23.7 Å². The number of ether oxygens (including phenoxy) is 6. The lowest BCUT2D eigenvalue weighted by Crippen LogP contribution is -2.69. The lowest BCUT2D eigenvalue weighted by atomic mass is 9.85. The minimum absolute atomic E-state index is 0.0212. The van der Waals surface area contributed by atoms with Crippen LogP contribution in [0.3, 0.4) is 0 Å². The van der Waals surface area contributed by atoms with Crippen LogP contribution >= 0.6 is 0 Å². The Labute approximate surface area is 245 Å². The number of aromatic hydroxyl groups is 1. The molecule has 3 aromatic rings. The summed E-state index contributed by atoms with van der Waals surface area (Å²) in [4.78, 5) is 11.7. The molecule has 0 amide bonds. The number of carboxylic acid groups (broad SMARTS) is 1. The predicted octanol–water partition coefficient (Wildman–Crippen LogP) is 1.32. The summed E-state index contributed by atoms with van der Waals surface area (Å²) in [5.74, 6) is -2.67. The first-order valence-corrected chi connectivity index (χ1v) is 13.4. The van der Waals surface area contributed by atoms with Crippen LogP contribution < -0.4 is 23.7 Å². The Morgan fingerprint density at radius 2 is 1.84 bits per heavy atom. The molecule has 1 saturated heterocycles. The van der Waals surface area contributed by atoms with Gasteiger partial charge in [0.1, 0.15) is 42.2 Å². The highest BCUT2D eigenvalue weighted by Crippen LogP contribution is 2.58. The summed E-state index contributed by atoms with van der Waals surface area (Å²) in [5, 5.41) is 61.4. The van der Waals surface area contributed by atoms with E-state index in [0.29, 0.717) is 39.7 Å². The molecule has 6 rings (SSSR count). The summed E-state index contributed by atoms with van der Waals surface area (Å²) in [6, 6.07) is 13.1. The second-order valence-electron chi connectivity index (χ2n) is 10.5. The van der Waals surface area contributed by atoms with Crippen molar-refractivity contribution >= 4 is 5.97 Å². The van der Waals surface area contributed by atoms with Gasteiger partial charge in [-0.1, -0.05) is 18.2 Å². The van der Waals surface area contributed by atoms with Crippen molar-refractivity contribution in [2.24, 2.45) is 0 Å². The molecule has 43 heavy (non-hydrogen) atoms.